The van der Waals surface area contributed by atoms with E-state index in [2.05, 4.69) is 20.6 Å². The Morgan fingerprint density at radius 3 is 2.62 bits per heavy atom. The van der Waals surface area contributed by atoms with Crippen molar-refractivity contribution in [1.82, 2.24) is 19.8 Å². The van der Waals surface area contributed by atoms with Crippen LogP contribution in [0.1, 0.15) is 5.56 Å². The number of nitrogens with zero attached hydrogens (tertiary/aromatic N) is 4. The lowest BCUT2D eigenvalue weighted by molar-refractivity contribution is -0.113. The maximum absolute atomic E-state index is 13.7. The molecule has 0 spiro atoms. The SMILES string of the molecule is Cc1ccc(-c2ccc3nnc(SCC(=O)Nc4ccc(F)cc4F)n3n2)cc1. The number of carbonyl (C=O) groups excluding carboxylic acids is 1. The number of hydrogen-bond donors (Lipinski definition) is 1. The van der Waals surface area contributed by atoms with Crippen molar-refractivity contribution in [1.29, 1.82) is 0 Å². The fourth-order valence-corrected chi connectivity index (χ4v) is 3.33. The van der Waals surface area contributed by atoms with Gasteiger partial charge in [-0.1, -0.05) is 41.6 Å². The van der Waals surface area contributed by atoms with Crippen LogP contribution in [0.3, 0.4) is 0 Å². The number of aromatic nitrogens is 4. The molecule has 2 aromatic carbocycles. The Labute approximate surface area is 169 Å². The molecular formula is C20H15F2N5OS. The quantitative estimate of drug-likeness (QED) is 0.501. The number of anilines is 1. The summed E-state index contributed by atoms with van der Waals surface area (Å²) in [6, 6.07) is 14.6. The molecule has 146 valence electrons. The number of halogens is 2. The highest BCUT2D eigenvalue weighted by atomic mass is 32.2. The van der Waals surface area contributed by atoms with Crippen LogP contribution in [0.2, 0.25) is 0 Å². The van der Waals surface area contributed by atoms with Gasteiger partial charge in [0.15, 0.2) is 5.65 Å². The number of hydrogen-bond acceptors (Lipinski definition) is 5. The lowest BCUT2D eigenvalue weighted by atomic mass is 10.1. The lowest BCUT2D eigenvalue weighted by Crippen LogP contribution is -2.15. The molecule has 4 aromatic rings. The molecule has 0 atom stereocenters. The summed E-state index contributed by atoms with van der Waals surface area (Å²) >= 11 is 1.12. The highest BCUT2D eigenvalue weighted by Crippen LogP contribution is 2.22. The summed E-state index contributed by atoms with van der Waals surface area (Å²) in [6.45, 7) is 2.01. The number of amides is 1. The summed E-state index contributed by atoms with van der Waals surface area (Å²) in [7, 11) is 0. The van der Waals surface area contributed by atoms with Crippen LogP contribution in [0.15, 0.2) is 59.8 Å². The minimum Gasteiger partial charge on any atom is -0.323 e. The van der Waals surface area contributed by atoms with Crippen LogP contribution < -0.4 is 5.32 Å². The molecule has 0 bridgehead atoms. The number of aryl methyl sites for hydroxylation is 1. The Morgan fingerprint density at radius 2 is 1.86 bits per heavy atom. The minimum atomic E-state index is -0.833. The molecule has 0 radical (unpaired) electrons. The van der Waals surface area contributed by atoms with Crippen molar-refractivity contribution in [2.75, 3.05) is 11.1 Å². The fraction of sp³-hybridized carbons (Fsp3) is 0.100. The van der Waals surface area contributed by atoms with Crippen molar-refractivity contribution >= 4 is 29.0 Å². The van der Waals surface area contributed by atoms with Gasteiger partial charge in [0.1, 0.15) is 11.6 Å². The molecule has 2 aromatic heterocycles. The third-order valence-electron chi connectivity index (χ3n) is 4.12. The Balaban J connectivity index is 1.49. The van der Waals surface area contributed by atoms with E-state index in [0.717, 1.165) is 34.6 Å². The maximum Gasteiger partial charge on any atom is 0.234 e. The van der Waals surface area contributed by atoms with E-state index >= 15 is 0 Å². The van der Waals surface area contributed by atoms with Crippen molar-refractivity contribution in [3.8, 4) is 11.3 Å². The summed E-state index contributed by atoms with van der Waals surface area (Å²) in [4.78, 5) is 12.1. The van der Waals surface area contributed by atoms with E-state index in [4.69, 9.17) is 0 Å². The van der Waals surface area contributed by atoms with Gasteiger partial charge >= 0.3 is 0 Å². The van der Waals surface area contributed by atoms with Crippen LogP contribution in [0.4, 0.5) is 14.5 Å². The first-order valence-corrected chi connectivity index (χ1v) is 9.65. The van der Waals surface area contributed by atoms with Crippen molar-refractivity contribution in [3.05, 3.63) is 71.8 Å². The number of carbonyl (C=O) groups is 1. The Hall–Kier alpha value is -3.33. The first-order chi connectivity index (χ1) is 14.0. The molecule has 0 unspecified atom stereocenters. The monoisotopic (exact) mass is 411 g/mol. The Bertz CT molecular complexity index is 1190. The topological polar surface area (TPSA) is 72.2 Å². The molecular weight excluding hydrogens is 396 g/mol. The smallest absolute Gasteiger partial charge is 0.234 e. The normalized spacial score (nSPS) is 11.0. The molecule has 0 aliphatic carbocycles. The van der Waals surface area contributed by atoms with E-state index in [9.17, 15) is 13.6 Å². The zero-order chi connectivity index (χ0) is 20.4. The molecule has 29 heavy (non-hydrogen) atoms. The van der Waals surface area contributed by atoms with Crippen LogP contribution in [0.25, 0.3) is 16.9 Å². The van der Waals surface area contributed by atoms with Crippen LogP contribution in [0, 0.1) is 18.6 Å². The predicted octanol–water partition coefficient (Wildman–Crippen LogP) is 4.11. The third-order valence-corrected chi connectivity index (χ3v) is 5.04. The van der Waals surface area contributed by atoms with Crippen LogP contribution in [0.5, 0.6) is 0 Å². The Morgan fingerprint density at radius 1 is 1.07 bits per heavy atom. The van der Waals surface area contributed by atoms with Crippen LogP contribution in [-0.4, -0.2) is 31.5 Å². The van der Waals surface area contributed by atoms with Crippen molar-refractivity contribution in [2.45, 2.75) is 12.1 Å². The molecule has 0 saturated heterocycles. The minimum absolute atomic E-state index is 0.0337. The zero-order valence-electron chi connectivity index (χ0n) is 15.3. The number of nitrogens with one attached hydrogen (secondary N) is 1. The standard InChI is InChI=1S/C20H15F2N5OS/c1-12-2-4-13(5-3-12)16-8-9-18-24-25-20(27(18)26-16)29-11-19(28)23-17-7-6-14(21)10-15(17)22/h2-10H,11H2,1H3,(H,23,28). The number of fused-ring (bicyclic) bond motifs is 1. The number of rotatable bonds is 5. The molecule has 0 aliphatic heterocycles. The predicted molar refractivity (Wildman–Crippen MR) is 107 cm³/mol. The van der Waals surface area contributed by atoms with Crippen molar-refractivity contribution in [3.63, 3.8) is 0 Å². The summed E-state index contributed by atoms with van der Waals surface area (Å²) in [5, 5.41) is 15.5. The Kier molecular flexibility index (Phi) is 5.22. The first-order valence-electron chi connectivity index (χ1n) is 8.67. The molecule has 0 saturated carbocycles. The average molecular weight is 411 g/mol. The lowest BCUT2D eigenvalue weighted by Gasteiger charge is -2.06. The van der Waals surface area contributed by atoms with Gasteiger partial charge in [-0.15, -0.1) is 10.2 Å². The molecule has 2 heterocycles. The molecule has 0 aliphatic rings. The van der Waals surface area contributed by atoms with Crippen LogP contribution in [-0.2, 0) is 4.79 Å². The van der Waals surface area contributed by atoms with Gasteiger partial charge in [-0.2, -0.15) is 9.61 Å². The molecule has 1 amide bonds. The second kappa shape index (κ2) is 7.96. The fourth-order valence-electron chi connectivity index (χ4n) is 2.64. The van der Waals surface area contributed by atoms with Crippen LogP contribution >= 0.6 is 11.8 Å². The van der Waals surface area contributed by atoms with E-state index in [1.165, 1.54) is 6.07 Å². The van der Waals surface area contributed by atoms with E-state index in [1.807, 2.05) is 37.3 Å². The van der Waals surface area contributed by atoms with Gasteiger partial charge in [-0.05, 0) is 31.2 Å². The van der Waals surface area contributed by atoms with Crippen molar-refractivity contribution in [2.24, 2.45) is 0 Å². The zero-order valence-corrected chi connectivity index (χ0v) is 16.1. The van der Waals surface area contributed by atoms with E-state index < -0.39 is 17.5 Å². The first kappa shape index (κ1) is 19.0. The summed E-state index contributed by atoms with van der Waals surface area (Å²) in [5.41, 5.74) is 3.32. The van der Waals surface area contributed by atoms with Gasteiger partial charge in [0.2, 0.25) is 11.1 Å². The average Bonchev–Trinajstić information content (AvgIpc) is 3.11. The van der Waals surface area contributed by atoms with E-state index in [0.29, 0.717) is 16.9 Å². The van der Waals surface area contributed by atoms with Crippen molar-refractivity contribution < 1.29 is 13.6 Å². The van der Waals surface area contributed by atoms with E-state index in [-0.39, 0.29) is 11.4 Å². The molecule has 9 heteroatoms. The van der Waals surface area contributed by atoms with E-state index in [1.54, 1.807) is 10.6 Å². The summed E-state index contributed by atoms with van der Waals surface area (Å²) < 4.78 is 28.2. The van der Waals surface area contributed by atoms with Gasteiger partial charge in [0.05, 0.1) is 17.1 Å². The molecule has 6 nitrogen and oxygen atoms in total. The molecule has 1 N–H and O–H groups in total. The largest absolute Gasteiger partial charge is 0.323 e. The summed E-state index contributed by atoms with van der Waals surface area (Å²) in [6.07, 6.45) is 0. The number of thioether (sulfide) groups is 1. The maximum atomic E-state index is 13.7. The van der Waals surface area contributed by atoms with Gasteiger partial charge in [-0.25, -0.2) is 8.78 Å². The highest BCUT2D eigenvalue weighted by Gasteiger charge is 2.13. The molecule has 0 fully saturated rings. The van der Waals surface area contributed by atoms with Gasteiger partial charge in [-0.3, -0.25) is 4.79 Å². The van der Waals surface area contributed by atoms with Gasteiger partial charge in [0.25, 0.3) is 0 Å². The van der Waals surface area contributed by atoms with Gasteiger partial charge in [0, 0.05) is 11.6 Å². The number of benzene rings is 2. The third kappa shape index (κ3) is 4.24. The molecule has 4 rings (SSSR count). The second-order valence-electron chi connectivity index (χ2n) is 6.30. The van der Waals surface area contributed by atoms with Gasteiger partial charge < -0.3 is 5.32 Å². The highest BCUT2D eigenvalue weighted by molar-refractivity contribution is 7.99. The summed E-state index contributed by atoms with van der Waals surface area (Å²) in [5.74, 6) is -2.03. The second-order valence-corrected chi connectivity index (χ2v) is 7.24.